The van der Waals surface area contributed by atoms with Crippen LogP contribution in [0.4, 0.5) is 0 Å². The Labute approximate surface area is 214 Å². The molecule has 0 bridgehead atoms. The van der Waals surface area contributed by atoms with Crippen LogP contribution in [0.3, 0.4) is 0 Å². The Balaban J connectivity index is 1.36. The van der Waals surface area contributed by atoms with E-state index < -0.39 is 0 Å². The van der Waals surface area contributed by atoms with Crippen molar-refractivity contribution in [2.24, 2.45) is 0 Å². The maximum absolute atomic E-state index is 13.4. The average Bonchev–Trinajstić information content (AvgIpc) is 3.46. The predicted molar refractivity (Wildman–Crippen MR) is 139 cm³/mol. The Morgan fingerprint density at radius 1 is 1.03 bits per heavy atom. The molecule has 1 fully saturated rings. The Hall–Kier alpha value is -4.15. The molecule has 4 aromatic rings. The van der Waals surface area contributed by atoms with Crippen LogP contribution in [0, 0.1) is 0 Å². The van der Waals surface area contributed by atoms with Crippen molar-refractivity contribution in [3.8, 4) is 23.1 Å². The quantitative estimate of drug-likeness (QED) is 0.281. The summed E-state index contributed by atoms with van der Waals surface area (Å²) in [5.41, 5.74) is 1.08. The second-order valence-electron chi connectivity index (χ2n) is 7.94. The van der Waals surface area contributed by atoms with Gasteiger partial charge in [-0.1, -0.05) is 54.3 Å². The van der Waals surface area contributed by atoms with Gasteiger partial charge in [0.2, 0.25) is 12.7 Å². The third-order valence-electron chi connectivity index (χ3n) is 5.62. The number of amides is 1. The van der Waals surface area contributed by atoms with E-state index >= 15 is 0 Å². The van der Waals surface area contributed by atoms with Crippen LogP contribution in [-0.4, -0.2) is 31.3 Å². The number of para-hydroxylation sites is 1. The lowest BCUT2D eigenvalue weighted by molar-refractivity contribution is -0.122. The molecule has 0 N–H and O–H groups in total. The molecule has 0 atom stereocenters. The lowest BCUT2D eigenvalue weighted by Gasteiger charge is -2.14. The monoisotopic (exact) mass is 515 g/mol. The van der Waals surface area contributed by atoms with E-state index in [-0.39, 0.29) is 36.2 Å². The molecule has 2 aliphatic rings. The lowest BCUT2D eigenvalue weighted by Crippen LogP contribution is -2.27. The van der Waals surface area contributed by atoms with Crippen molar-refractivity contribution >= 4 is 45.9 Å². The van der Waals surface area contributed by atoms with Gasteiger partial charge < -0.3 is 14.2 Å². The van der Waals surface area contributed by atoms with E-state index in [1.54, 1.807) is 42.6 Å². The number of pyridine rings is 1. The van der Waals surface area contributed by atoms with Crippen molar-refractivity contribution < 1.29 is 19.0 Å². The fourth-order valence-corrected chi connectivity index (χ4v) is 5.11. The molecule has 178 valence electrons. The number of carbonyl (C=O) groups is 1. The first-order valence-corrected chi connectivity index (χ1v) is 12.2. The van der Waals surface area contributed by atoms with Crippen LogP contribution in [0.1, 0.15) is 11.1 Å². The van der Waals surface area contributed by atoms with E-state index in [1.807, 2.05) is 30.3 Å². The van der Waals surface area contributed by atoms with E-state index in [0.717, 1.165) is 17.3 Å². The normalized spacial score (nSPS) is 15.8. The first-order chi connectivity index (χ1) is 17.6. The van der Waals surface area contributed by atoms with E-state index in [1.165, 1.54) is 15.4 Å². The SMILES string of the molecule is O=C1/C(=C/c2c(Oc3ccccc3)nc3ccccn3c2=O)SC(=S)N1Cc1ccc2c(c1)OCO2. The van der Waals surface area contributed by atoms with Crippen LogP contribution in [0.15, 0.2) is 82.6 Å². The van der Waals surface area contributed by atoms with E-state index in [2.05, 4.69) is 4.98 Å². The summed E-state index contributed by atoms with van der Waals surface area (Å²) in [6.07, 6.45) is 3.13. The van der Waals surface area contributed by atoms with Gasteiger partial charge >= 0.3 is 0 Å². The summed E-state index contributed by atoms with van der Waals surface area (Å²) in [5.74, 6) is 1.63. The molecule has 0 unspecified atom stereocenters. The van der Waals surface area contributed by atoms with Crippen molar-refractivity contribution in [3.05, 3.63) is 99.3 Å². The zero-order valence-corrected chi connectivity index (χ0v) is 20.3. The molecule has 6 rings (SSSR count). The number of ether oxygens (including phenoxy) is 3. The predicted octanol–water partition coefficient (Wildman–Crippen LogP) is 4.62. The number of fused-ring (bicyclic) bond motifs is 2. The lowest BCUT2D eigenvalue weighted by atomic mass is 10.2. The fourth-order valence-electron chi connectivity index (χ4n) is 3.87. The molecule has 2 aromatic carbocycles. The van der Waals surface area contributed by atoms with Crippen LogP contribution in [-0.2, 0) is 11.3 Å². The summed E-state index contributed by atoms with van der Waals surface area (Å²) in [7, 11) is 0. The molecule has 36 heavy (non-hydrogen) atoms. The molecule has 2 aromatic heterocycles. The van der Waals surface area contributed by atoms with Crippen LogP contribution >= 0.6 is 24.0 Å². The minimum Gasteiger partial charge on any atom is -0.454 e. The molecule has 0 radical (unpaired) electrons. The minimum atomic E-state index is -0.354. The standard InChI is InChI=1S/C26H17N3O5S2/c30-24-18(23(34-17-6-2-1-3-7-17)27-22-8-4-5-11-28(22)24)13-21-25(31)29(26(35)36-21)14-16-9-10-19-20(12-16)33-15-32-19/h1-13H,14-15H2/b21-13-. The van der Waals surface area contributed by atoms with Gasteiger partial charge in [0.25, 0.3) is 11.5 Å². The third kappa shape index (κ3) is 4.10. The number of aromatic nitrogens is 2. The average molecular weight is 516 g/mol. The molecule has 1 saturated heterocycles. The number of carbonyl (C=O) groups excluding carboxylic acids is 1. The maximum atomic E-state index is 13.4. The Kier molecular flexibility index (Phi) is 5.67. The van der Waals surface area contributed by atoms with Crippen LogP contribution in [0.5, 0.6) is 23.1 Å². The first-order valence-electron chi connectivity index (χ1n) is 10.9. The number of rotatable bonds is 5. The number of nitrogens with zero attached hydrogens (tertiary/aromatic N) is 3. The van der Waals surface area contributed by atoms with Gasteiger partial charge in [0.05, 0.1) is 11.4 Å². The highest BCUT2D eigenvalue weighted by Crippen LogP contribution is 2.37. The highest BCUT2D eigenvalue weighted by Gasteiger charge is 2.33. The summed E-state index contributed by atoms with van der Waals surface area (Å²) in [6, 6.07) is 19.8. The highest BCUT2D eigenvalue weighted by atomic mass is 32.2. The van der Waals surface area contributed by atoms with Gasteiger partial charge in [0, 0.05) is 6.20 Å². The summed E-state index contributed by atoms with van der Waals surface area (Å²) in [4.78, 5) is 33.1. The van der Waals surface area contributed by atoms with Gasteiger partial charge in [-0.15, -0.1) is 0 Å². The second kappa shape index (κ2) is 9.14. The van der Waals surface area contributed by atoms with Crippen LogP contribution in [0.2, 0.25) is 0 Å². The van der Waals surface area contributed by atoms with Gasteiger partial charge in [-0.25, -0.2) is 0 Å². The number of hydrogen-bond donors (Lipinski definition) is 0. The molecule has 1 amide bonds. The van der Waals surface area contributed by atoms with Crippen LogP contribution in [0.25, 0.3) is 11.7 Å². The molecule has 0 spiro atoms. The smallest absolute Gasteiger partial charge is 0.269 e. The van der Waals surface area contributed by atoms with Gasteiger partial charge in [-0.3, -0.25) is 18.9 Å². The Bertz CT molecular complexity index is 1620. The maximum Gasteiger partial charge on any atom is 0.269 e. The summed E-state index contributed by atoms with van der Waals surface area (Å²) in [6.45, 7) is 0.437. The fraction of sp³-hybridized carbons (Fsp3) is 0.0769. The number of thioether (sulfide) groups is 1. The molecular weight excluding hydrogens is 498 g/mol. The summed E-state index contributed by atoms with van der Waals surface area (Å²) >= 11 is 6.63. The number of thiocarbonyl (C=S) groups is 1. The van der Waals surface area contributed by atoms with Gasteiger partial charge in [-0.05, 0) is 48.0 Å². The summed E-state index contributed by atoms with van der Waals surface area (Å²) in [5, 5.41) is 0. The largest absolute Gasteiger partial charge is 0.454 e. The molecule has 2 aliphatic heterocycles. The highest BCUT2D eigenvalue weighted by molar-refractivity contribution is 8.26. The zero-order chi connectivity index (χ0) is 24.6. The number of hydrogen-bond acceptors (Lipinski definition) is 8. The van der Waals surface area contributed by atoms with E-state index in [9.17, 15) is 9.59 Å². The van der Waals surface area contributed by atoms with E-state index in [0.29, 0.717) is 32.1 Å². The van der Waals surface area contributed by atoms with Crippen molar-refractivity contribution in [1.82, 2.24) is 14.3 Å². The number of benzene rings is 2. The Morgan fingerprint density at radius 2 is 1.83 bits per heavy atom. The van der Waals surface area contributed by atoms with Gasteiger partial charge in [0.1, 0.15) is 21.3 Å². The molecule has 10 heteroatoms. The molecule has 0 aliphatic carbocycles. The van der Waals surface area contributed by atoms with Crippen LogP contribution < -0.4 is 19.8 Å². The van der Waals surface area contributed by atoms with Gasteiger partial charge in [0.15, 0.2) is 11.5 Å². The van der Waals surface area contributed by atoms with Crippen molar-refractivity contribution in [2.45, 2.75) is 6.54 Å². The summed E-state index contributed by atoms with van der Waals surface area (Å²) < 4.78 is 18.6. The molecule has 8 nitrogen and oxygen atoms in total. The molecule has 4 heterocycles. The van der Waals surface area contributed by atoms with Crippen molar-refractivity contribution in [3.63, 3.8) is 0 Å². The van der Waals surface area contributed by atoms with Crippen molar-refractivity contribution in [1.29, 1.82) is 0 Å². The minimum absolute atomic E-state index is 0.110. The third-order valence-corrected chi connectivity index (χ3v) is 7.00. The second-order valence-corrected chi connectivity index (χ2v) is 9.61. The van der Waals surface area contributed by atoms with Crippen molar-refractivity contribution in [2.75, 3.05) is 6.79 Å². The first kappa shape index (κ1) is 22.3. The zero-order valence-electron chi connectivity index (χ0n) is 18.6. The topological polar surface area (TPSA) is 82.4 Å². The van der Waals surface area contributed by atoms with E-state index in [4.69, 9.17) is 26.4 Å². The molecular formula is C26H17N3O5S2. The van der Waals surface area contributed by atoms with Gasteiger partial charge in [-0.2, -0.15) is 4.98 Å². The Morgan fingerprint density at radius 3 is 2.69 bits per heavy atom. The molecule has 0 saturated carbocycles.